The van der Waals surface area contributed by atoms with E-state index in [-0.39, 0.29) is 28.8 Å². The number of nitrogens with zero attached hydrogens (tertiary/aromatic N) is 3. The van der Waals surface area contributed by atoms with Gasteiger partial charge in [0.25, 0.3) is 5.91 Å². The molecule has 1 aromatic heterocycles. The van der Waals surface area contributed by atoms with Crippen LogP contribution in [0.1, 0.15) is 22.5 Å². The molecule has 0 aliphatic carbocycles. The lowest BCUT2D eigenvalue weighted by molar-refractivity contribution is 0.0674. The van der Waals surface area contributed by atoms with E-state index in [0.29, 0.717) is 16.6 Å². The van der Waals surface area contributed by atoms with Crippen molar-refractivity contribution in [2.75, 3.05) is 17.8 Å². The molecule has 1 atom stereocenters. The molecule has 0 bridgehead atoms. The molecule has 2 heterocycles. The predicted octanol–water partition coefficient (Wildman–Crippen LogP) is 3.33. The minimum Gasteiger partial charge on any atom is -0.329 e. The van der Waals surface area contributed by atoms with E-state index in [2.05, 4.69) is 9.97 Å². The summed E-state index contributed by atoms with van der Waals surface area (Å²) < 4.78 is 23.9. The van der Waals surface area contributed by atoms with Crippen molar-refractivity contribution in [3.8, 4) is 0 Å². The highest BCUT2D eigenvalue weighted by Gasteiger charge is 2.36. The second-order valence-electron chi connectivity index (χ2n) is 6.13. The van der Waals surface area contributed by atoms with Gasteiger partial charge in [0, 0.05) is 17.6 Å². The Morgan fingerprint density at radius 2 is 2.04 bits per heavy atom. The fraction of sp³-hybridized carbons (Fsp3) is 0.353. The number of carbonyl (C=O) groups excluding carboxylic acids is 1. The molecule has 0 unspecified atom stereocenters. The van der Waals surface area contributed by atoms with Crippen molar-refractivity contribution in [2.24, 2.45) is 0 Å². The van der Waals surface area contributed by atoms with E-state index < -0.39 is 21.8 Å². The van der Waals surface area contributed by atoms with Gasteiger partial charge in [-0.05, 0) is 24.3 Å². The van der Waals surface area contributed by atoms with Crippen LogP contribution in [0.2, 0.25) is 10.0 Å². The second kappa shape index (κ2) is 8.34. The summed E-state index contributed by atoms with van der Waals surface area (Å²) in [5, 5.41) is 1.05. The minimum absolute atomic E-state index is 0.0531. The number of hydrogen-bond acceptors (Lipinski definition) is 6. The first-order chi connectivity index (χ1) is 12.8. The van der Waals surface area contributed by atoms with Gasteiger partial charge in [0.1, 0.15) is 0 Å². The van der Waals surface area contributed by atoms with Gasteiger partial charge in [-0.3, -0.25) is 4.79 Å². The summed E-state index contributed by atoms with van der Waals surface area (Å²) in [6.45, 7) is 0.174. The van der Waals surface area contributed by atoms with Crippen molar-refractivity contribution in [1.29, 1.82) is 0 Å². The fourth-order valence-corrected chi connectivity index (χ4v) is 5.37. The van der Waals surface area contributed by atoms with Crippen molar-refractivity contribution >= 4 is 50.7 Å². The van der Waals surface area contributed by atoms with Crippen molar-refractivity contribution in [3.63, 3.8) is 0 Å². The Hall–Kier alpha value is -1.35. The molecule has 27 heavy (non-hydrogen) atoms. The number of benzene rings is 1. The highest BCUT2D eigenvalue weighted by atomic mass is 35.5. The Balaban J connectivity index is 1.99. The van der Waals surface area contributed by atoms with Gasteiger partial charge in [-0.2, -0.15) is 0 Å². The maximum Gasteiger partial charge on any atom is 0.274 e. The first-order valence-corrected chi connectivity index (χ1v) is 11.9. The first-order valence-electron chi connectivity index (χ1n) is 8.12. The average molecular weight is 446 g/mol. The average Bonchev–Trinajstić information content (AvgIpc) is 3.00. The molecule has 10 heteroatoms. The largest absolute Gasteiger partial charge is 0.329 e. The molecule has 1 fully saturated rings. The molecule has 2 aromatic rings. The summed E-state index contributed by atoms with van der Waals surface area (Å²) in [6.07, 6.45) is 3.55. The van der Waals surface area contributed by atoms with Crippen LogP contribution < -0.4 is 0 Å². The molecule has 3 rings (SSSR count). The zero-order valence-electron chi connectivity index (χ0n) is 14.4. The number of amides is 1. The molecule has 0 radical (unpaired) electrons. The normalized spacial score (nSPS) is 18.4. The van der Waals surface area contributed by atoms with Crippen molar-refractivity contribution < 1.29 is 13.2 Å². The molecule has 0 spiro atoms. The van der Waals surface area contributed by atoms with Crippen LogP contribution in [0.25, 0.3) is 0 Å². The van der Waals surface area contributed by atoms with Crippen LogP contribution in [0.5, 0.6) is 0 Å². The van der Waals surface area contributed by atoms with E-state index >= 15 is 0 Å². The van der Waals surface area contributed by atoms with Crippen molar-refractivity contribution in [1.82, 2.24) is 14.9 Å². The third kappa shape index (κ3) is 4.74. The number of aromatic nitrogens is 2. The minimum atomic E-state index is -3.18. The molecule has 1 aliphatic rings. The van der Waals surface area contributed by atoms with Gasteiger partial charge in [-0.15, -0.1) is 0 Å². The van der Waals surface area contributed by atoms with Crippen LogP contribution in [0, 0.1) is 0 Å². The standard InChI is InChI=1S/C17H17Cl2N3O3S2/c1-26-17-20-8-14(19)15(21-17)16(23)22(12-6-7-27(24,25)10-12)9-11-4-2-3-5-13(11)18/h2-5,8,12H,6-7,9-10H2,1H3/t12-/m1/s1. The summed E-state index contributed by atoms with van der Waals surface area (Å²) >= 11 is 13.7. The van der Waals surface area contributed by atoms with Crippen LogP contribution >= 0.6 is 35.0 Å². The summed E-state index contributed by atoms with van der Waals surface area (Å²) in [5.41, 5.74) is 0.791. The molecule has 144 valence electrons. The van der Waals surface area contributed by atoms with Gasteiger partial charge in [-0.1, -0.05) is 53.2 Å². The molecule has 1 saturated heterocycles. The SMILES string of the molecule is CSc1ncc(Cl)c(C(=O)N(Cc2ccccc2Cl)[C@@H]2CCS(=O)(=O)C2)n1. The van der Waals surface area contributed by atoms with E-state index in [1.54, 1.807) is 24.5 Å². The summed E-state index contributed by atoms with van der Waals surface area (Å²) in [4.78, 5) is 23.0. The number of rotatable bonds is 5. The zero-order chi connectivity index (χ0) is 19.6. The van der Waals surface area contributed by atoms with Gasteiger partial charge in [-0.25, -0.2) is 18.4 Å². The Kier molecular flexibility index (Phi) is 6.30. The lowest BCUT2D eigenvalue weighted by atomic mass is 10.1. The highest BCUT2D eigenvalue weighted by molar-refractivity contribution is 7.98. The van der Waals surface area contributed by atoms with Crippen LogP contribution in [0.15, 0.2) is 35.6 Å². The maximum absolute atomic E-state index is 13.3. The lowest BCUT2D eigenvalue weighted by Crippen LogP contribution is -2.41. The van der Waals surface area contributed by atoms with Crippen molar-refractivity contribution in [3.05, 3.63) is 51.8 Å². The van der Waals surface area contributed by atoms with Crippen molar-refractivity contribution in [2.45, 2.75) is 24.2 Å². The number of halogens is 2. The fourth-order valence-electron chi connectivity index (χ4n) is 2.93. The van der Waals surface area contributed by atoms with Crippen LogP contribution in [-0.2, 0) is 16.4 Å². The van der Waals surface area contributed by atoms with E-state index in [0.717, 1.165) is 5.56 Å². The summed E-state index contributed by atoms with van der Waals surface area (Å²) in [7, 11) is -3.18. The van der Waals surface area contributed by atoms with E-state index in [4.69, 9.17) is 23.2 Å². The molecule has 0 N–H and O–H groups in total. The molecule has 1 aromatic carbocycles. The zero-order valence-corrected chi connectivity index (χ0v) is 17.6. The van der Waals surface area contributed by atoms with Gasteiger partial charge in [0.15, 0.2) is 20.7 Å². The first kappa shape index (κ1) is 20.4. The summed E-state index contributed by atoms with van der Waals surface area (Å²) in [5.74, 6) is -0.460. The monoisotopic (exact) mass is 445 g/mol. The van der Waals surface area contributed by atoms with Crippen LogP contribution in [0.3, 0.4) is 0 Å². The van der Waals surface area contributed by atoms with Gasteiger partial charge in [0.2, 0.25) is 0 Å². The Bertz CT molecular complexity index is 970. The molecular weight excluding hydrogens is 429 g/mol. The van der Waals surface area contributed by atoms with E-state index in [1.807, 2.05) is 6.07 Å². The number of carbonyl (C=O) groups is 1. The lowest BCUT2D eigenvalue weighted by Gasteiger charge is -2.28. The Morgan fingerprint density at radius 3 is 2.67 bits per heavy atom. The molecular formula is C17H17Cl2N3O3S2. The smallest absolute Gasteiger partial charge is 0.274 e. The van der Waals surface area contributed by atoms with E-state index in [9.17, 15) is 13.2 Å². The molecule has 6 nitrogen and oxygen atoms in total. The molecule has 1 amide bonds. The van der Waals surface area contributed by atoms with Gasteiger partial charge < -0.3 is 4.90 Å². The number of hydrogen-bond donors (Lipinski definition) is 0. The maximum atomic E-state index is 13.3. The second-order valence-corrected chi connectivity index (χ2v) is 9.95. The van der Waals surface area contributed by atoms with Gasteiger partial charge >= 0.3 is 0 Å². The third-order valence-electron chi connectivity index (χ3n) is 4.32. The molecule has 1 aliphatic heterocycles. The number of thioether (sulfide) groups is 1. The predicted molar refractivity (Wildman–Crippen MR) is 107 cm³/mol. The highest BCUT2D eigenvalue weighted by Crippen LogP contribution is 2.27. The van der Waals surface area contributed by atoms with Gasteiger partial charge in [0.05, 0.1) is 22.7 Å². The summed E-state index contributed by atoms with van der Waals surface area (Å²) in [6, 6.07) is 6.70. The number of sulfone groups is 1. The quantitative estimate of drug-likeness (QED) is 0.518. The topological polar surface area (TPSA) is 80.2 Å². The van der Waals surface area contributed by atoms with Crippen LogP contribution in [-0.4, -0.2) is 53.0 Å². The Labute approximate surface area is 172 Å². The molecule has 0 saturated carbocycles. The third-order valence-corrected chi connectivity index (χ3v) is 7.27. The van der Waals surface area contributed by atoms with E-state index in [1.165, 1.54) is 22.9 Å². The van der Waals surface area contributed by atoms with Crippen LogP contribution in [0.4, 0.5) is 0 Å². The Morgan fingerprint density at radius 1 is 1.30 bits per heavy atom.